The van der Waals surface area contributed by atoms with Gasteiger partial charge in [-0.1, -0.05) is 25.1 Å². The summed E-state index contributed by atoms with van der Waals surface area (Å²) in [6.07, 6.45) is -0.269. The van der Waals surface area contributed by atoms with E-state index in [4.69, 9.17) is 5.11 Å². The lowest BCUT2D eigenvalue weighted by atomic mass is 10.1. The lowest BCUT2D eigenvalue weighted by molar-refractivity contribution is 0.0985. The molecule has 0 fully saturated rings. The van der Waals surface area contributed by atoms with E-state index in [9.17, 15) is 9.90 Å². The van der Waals surface area contributed by atoms with Gasteiger partial charge in [-0.25, -0.2) is 0 Å². The van der Waals surface area contributed by atoms with E-state index in [-0.39, 0.29) is 12.4 Å². The number of hydrogen-bond acceptors (Lipinski definition) is 4. The minimum absolute atomic E-state index is 0.0987. The van der Waals surface area contributed by atoms with Gasteiger partial charge in [0.15, 0.2) is 5.78 Å². The molecule has 0 bridgehead atoms. The van der Waals surface area contributed by atoms with Crippen molar-refractivity contribution in [3.8, 4) is 0 Å². The molecule has 1 rings (SSSR count). The predicted octanol–water partition coefficient (Wildman–Crippen LogP) is 1.72. The summed E-state index contributed by atoms with van der Waals surface area (Å²) in [4.78, 5) is 12.5. The minimum Gasteiger partial charge on any atom is -0.394 e. The maximum absolute atomic E-state index is 11.6. The number of hydrogen-bond donors (Lipinski definition) is 2. The summed E-state index contributed by atoms with van der Waals surface area (Å²) in [6.45, 7) is 1.57. The monoisotopic (exact) mass is 240 g/mol. The van der Waals surface area contributed by atoms with Crippen LogP contribution in [0.2, 0.25) is 0 Å². The molecular weight excluding hydrogens is 224 g/mol. The van der Waals surface area contributed by atoms with E-state index < -0.39 is 6.10 Å². The van der Waals surface area contributed by atoms with Gasteiger partial charge >= 0.3 is 0 Å². The van der Waals surface area contributed by atoms with Crippen LogP contribution >= 0.6 is 11.8 Å². The first-order valence-electron chi connectivity index (χ1n) is 5.23. The molecular formula is C12H16O3S. The molecule has 3 nitrogen and oxygen atoms in total. The SMILES string of the molecule is CCC(=O)c1ccccc1SCC(O)CO. The number of thioether (sulfide) groups is 1. The van der Waals surface area contributed by atoms with Gasteiger partial charge in [0.25, 0.3) is 0 Å². The number of benzene rings is 1. The number of aliphatic hydroxyl groups is 2. The Bertz CT molecular complexity index is 352. The zero-order valence-electron chi connectivity index (χ0n) is 9.22. The third-order valence-corrected chi connectivity index (χ3v) is 3.37. The second kappa shape index (κ2) is 6.68. The van der Waals surface area contributed by atoms with Crippen LogP contribution in [0.5, 0.6) is 0 Å². The van der Waals surface area contributed by atoms with Gasteiger partial charge in [-0.3, -0.25) is 4.79 Å². The summed E-state index contributed by atoms with van der Waals surface area (Å²) in [5.41, 5.74) is 0.695. The highest BCUT2D eigenvalue weighted by molar-refractivity contribution is 7.99. The van der Waals surface area contributed by atoms with Crippen molar-refractivity contribution in [1.82, 2.24) is 0 Å². The molecule has 0 aliphatic carbocycles. The Morgan fingerprint density at radius 3 is 2.75 bits per heavy atom. The molecule has 4 heteroatoms. The number of Topliss-reactive ketones (excluding diaryl/α,β-unsaturated/α-hetero) is 1. The van der Waals surface area contributed by atoms with Crippen LogP contribution in [0, 0.1) is 0 Å². The predicted molar refractivity (Wildman–Crippen MR) is 64.9 cm³/mol. The molecule has 1 aromatic rings. The normalized spacial score (nSPS) is 12.4. The lowest BCUT2D eigenvalue weighted by Gasteiger charge is -2.09. The molecule has 88 valence electrons. The molecule has 1 aromatic carbocycles. The summed E-state index contributed by atoms with van der Waals surface area (Å²) in [6, 6.07) is 7.34. The molecule has 0 aromatic heterocycles. The topological polar surface area (TPSA) is 57.5 Å². The maximum atomic E-state index is 11.6. The summed E-state index contributed by atoms with van der Waals surface area (Å²) < 4.78 is 0. The third kappa shape index (κ3) is 3.63. The quantitative estimate of drug-likeness (QED) is 0.587. The molecule has 0 aliphatic rings. The van der Waals surface area contributed by atoms with Crippen molar-refractivity contribution in [2.24, 2.45) is 0 Å². The van der Waals surface area contributed by atoms with E-state index in [1.165, 1.54) is 11.8 Å². The van der Waals surface area contributed by atoms with E-state index in [1.54, 1.807) is 6.07 Å². The van der Waals surface area contributed by atoms with E-state index in [0.29, 0.717) is 17.7 Å². The van der Waals surface area contributed by atoms with Crippen LogP contribution in [-0.2, 0) is 0 Å². The van der Waals surface area contributed by atoms with Crippen LogP contribution in [0.1, 0.15) is 23.7 Å². The summed E-state index contributed by atoms with van der Waals surface area (Å²) in [7, 11) is 0. The number of ketones is 1. The average molecular weight is 240 g/mol. The molecule has 1 atom stereocenters. The highest BCUT2D eigenvalue weighted by Gasteiger charge is 2.10. The fourth-order valence-electron chi connectivity index (χ4n) is 1.25. The van der Waals surface area contributed by atoms with E-state index in [2.05, 4.69) is 0 Å². The Morgan fingerprint density at radius 1 is 1.44 bits per heavy atom. The van der Waals surface area contributed by atoms with Gasteiger partial charge in [-0.05, 0) is 6.07 Å². The summed E-state index contributed by atoms with van der Waals surface area (Å²) >= 11 is 1.39. The first-order valence-corrected chi connectivity index (χ1v) is 6.21. The molecule has 0 aliphatic heterocycles. The lowest BCUT2D eigenvalue weighted by Crippen LogP contribution is -2.14. The highest BCUT2D eigenvalue weighted by Crippen LogP contribution is 2.24. The van der Waals surface area contributed by atoms with E-state index >= 15 is 0 Å². The molecule has 0 heterocycles. The second-order valence-electron chi connectivity index (χ2n) is 3.42. The van der Waals surface area contributed by atoms with Crippen molar-refractivity contribution in [3.63, 3.8) is 0 Å². The van der Waals surface area contributed by atoms with Crippen molar-refractivity contribution in [2.75, 3.05) is 12.4 Å². The maximum Gasteiger partial charge on any atom is 0.163 e. The smallest absolute Gasteiger partial charge is 0.163 e. The zero-order chi connectivity index (χ0) is 12.0. The average Bonchev–Trinajstić information content (AvgIpc) is 2.35. The summed E-state index contributed by atoms with van der Waals surface area (Å²) in [5.74, 6) is 0.492. The fraction of sp³-hybridized carbons (Fsp3) is 0.417. The van der Waals surface area contributed by atoms with Crippen molar-refractivity contribution in [2.45, 2.75) is 24.3 Å². The van der Waals surface area contributed by atoms with Gasteiger partial charge in [-0.2, -0.15) is 0 Å². The number of rotatable bonds is 6. The Morgan fingerprint density at radius 2 is 2.12 bits per heavy atom. The van der Waals surface area contributed by atoms with Crippen LogP contribution in [-0.4, -0.2) is 34.5 Å². The first kappa shape index (κ1) is 13.2. The number of carbonyl (C=O) groups excluding carboxylic acids is 1. The van der Waals surface area contributed by atoms with Crippen molar-refractivity contribution >= 4 is 17.5 Å². The van der Waals surface area contributed by atoms with E-state index in [1.807, 2.05) is 25.1 Å². The van der Waals surface area contributed by atoms with Gasteiger partial charge in [-0.15, -0.1) is 11.8 Å². The fourth-order valence-corrected chi connectivity index (χ4v) is 2.24. The van der Waals surface area contributed by atoms with Crippen LogP contribution in [0.25, 0.3) is 0 Å². The molecule has 0 saturated carbocycles. The Labute approximate surface area is 99.5 Å². The largest absolute Gasteiger partial charge is 0.394 e. The Hall–Kier alpha value is -0.840. The van der Waals surface area contributed by atoms with Gasteiger partial charge in [0, 0.05) is 22.6 Å². The number of aliphatic hydroxyl groups excluding tert-OH is 2. The second-order valence-corrected chi connectivity index (χ2v) is 4.48. The molecule has 0 spiro atoms. The molecule has 1 unspecified atom stereocenters. The van der Waals surface area contributed by atoms with E-state index in [0.717, 1.165) is 4.90 Å². The van der Waals surface area contributed by atoms with Gasteiger partial charge in [0.05, 0.1) is 12.7 Å². The molecule has 2 N–H and O–H groups in total. The van der Waals surface area contributed by atoms with Crippen LogP contribution < -0.4 is 0 Å². The van der Waals surface area contributed by atoms with Crippen molar-refractivity contribution in [1.29, 1.82) is 0 Å². The highest BCUT2D eigenvalue weighted by atomic mass is 32.2. The first-order chi connectivity index (χ1) is 7.69. The number of carbonyl (C=O) groups is 1. The third-order valence-electron chi connectivity index (χ3n) is 2.15. The Kier molecular flexibility index (Phi) is 5.52. The van der Waals surface area contributed by atoms with Crippen molar-refractivity contribution < 1.29 is 15.0 Å². The molecule has 0 saturated heterocycles. The molecule has 0 amide bonds. The standard InChI is InChI=1S/C12H16O3S/c1-2-11(15)10-5-3-4-6-12(10)16-8-9(14)7-13/h3-6,9,13-14H,2,7-8H2,1H3. The van der Waals surface area contributed by atoms with Gasteiger partial charge in [0.1, 0.15) is 0 Å². The molecule has 0 radical (unpaired) electrons. The van der Waals surface area contributed by atoms with Gasteiger partial charge < -0.3 is 10.2 Å². The molecule has 16 heavy (non-hydrogen) atoms. The van der Waals surface area contributed by atoms with Crippen LogP contribution in [0.4, 0.5) is 0 Å². The van der Waals surface area contributed by atoms with Crippen LogP contribution in [0.15, 0.2) is 29.2 Å². The zero-order valence-corrected chi connectivity index (χ0v) is 10.0. The van der Waals surface area contributed by atoms with Crippen molar-refractivity contribution in [3.05, 3.63) is 29.8 Å². The Balaban J connectivity index is 2.75. The summed E-state index contributed by atoms with van der Waals surface area (Å²) in [5, 5.41) is 18.0. The minimum atomic E-state index is -0.741. The van der Waals surface area contributed by atoms with Gasteiger partial charge in [0.2, 0.25) is 0 Å². The van der Waals surface area contributed by atoms with Crippen LogP contribution in [0.3, 0.4) is 0 Å².